The van der Waals surface area contributed by atoms with Gasteiger partial charge in [-0.15, -0.1) is 22.7 Å². The smallest absolute Gasteiger partial charge is 0.268 e. The number of carbonyl (C=O) groups is 2. The van der Waals surface area contributed by atoms with Crippen molar-refractivity contribution in [2.45, 2.75) is 6.92 Å². The molecular weight excluding hydrogens is 418 g/mol. The van der Waals surface area contributed by atoms with Gasteiger partial charge in [-0.25, -0.2) is 9.97 Å². The summed E-state index contributed by atoms with van der Waals surface area (Å²) in [4.78, 5) is 34.1. The summed E-state index contributed by atoms with van der Waals surface area (Å²) < 4.78 is 0. The second-order valence-electron chi connectivity index (χ2n) is 5.35. The van der Waals surface area contributed by atoms with E-state index in [0.29, 0.717) is 26.7 Å². The van der Waals surface area contributed by atoms with Crippen LogP contribution in [0, 0.1) is 11.3 Å². The van der Waals surface area contributed by atoms with Crippen molar-refractivity contribution in [3.63, 3.8) is 0 Å². The minimum Gasteiger partial charge on any atom is -0.297 e. The normalized spacial score (nSPS) is 11.0. The van der Waals surface area contributed by atoms with Gasteiger partial charge in [0.05, 0.1) is 11.4 Å². The van der Waals surface area contributed by atoms with Crippen molar-refractivity contribution in [3.05, 3.63) is 57.5 Å². The molecule has 0 saturated carbocycles. The summed E-state index contributed by atoms with van der Waals surface area (Å²) in [5, 5.41) is 16.5. The van der Waals surface area contributed by atoms with E-state index in [1.54, 1.807) is 41.2 Å². The van der Waals surface area contributed by atoms with E-state index in [4.69, 9.17) is 11.6 Å². The Morgan fingerprint density at radius 3 is 2.82 bits per heavy atom. The highest BCUT2D eigenvalue weighted by molar-refractivity contribution is 7.14. The van der Waals surface area contributed by atoms with E-state index >= 15 is 0 Å². The van der Waals surface area contributed by atoms with Gasteiger partial charge in [-0.1, -0.05) is 17.7 Å². The van der Waals surface area contributed by atoms with Crippen molar-refractivity contribution < 1.29 is 9.59 Å². The average molecular weight is 430 g/mol. The third-order valence-electron chi connectivity index (χ3n) is 3.39. The number of hydrogen-bond acceptors (Lipinski definition) is 7. The number of nitrogens with zero attached hydrogens (tertiary/aromatic N) is 4. The predicted octanol–water partition coefficient (Wildman–Crippen LogP) is 4.48. The highest BCUT2D eigenvalue weighted by Gasteiger charge is 2.19. The topological polar surface area (TPSA) is 99.0 Å². The minimum atomic E-state index is -0.578. The number of nitrogens with one attached hydrogen (secondary N) is 1. The maximum absolute atomic E-state index is 12.2. The SMILES string of the molecule is CC(=O)N(c1cccc(Cl)c1)c1nc(/C=C(\C#N)C(=O)Nc2nccs2)cs1. The van der Waals surface area contributed by atoms with E-state index < -0.39 is 5.91 Å². The van der Waals surface area contributed by atoms with Gasteiger partial charge in [0.1, 0.15) is 11.6 Å². The van der Waals surface area contributed by atoms with Gasteiger partial charge in [-0.3, -0.25) is 19.8 Å². The zero-order valence-corrected chi connectivity index (χ0v) is 16.8. The van der Waals surface area contributed by atoms with Gasteiger partial charge < -0.3 is 0 Å². The van der Waals surface area contributed by atoms with Crippen LogP contribution in [0.25, 0.3) is 6.08 Å². The van der Waals surface area contributed by atoms with Gasteiger partial charge in [0.2, 0.25) is 5.91 Å². The summed E-state index contributed by atoms with van der Waals surface area (Å²) >= 11 is 8.48. The Morgan fingerprint density at radius 1 is 1.36 bits per heavy atom. The fraction of sp³-hybridized carbons (Fsp3) is 0.0556. The quantitative estimate of drug-likeness (QED) is 0.476. The molecule has 2 aromatic heterocycles. The standard InChI is InChI=1S/C18H12ClN5O2S2/c1-11(25)24(15-4-2-3-13(19)8-15)18-22-14(10-28-18)7-12(9-20)16(26)23-17-21-5-6-27-17/h2-8,10H,1H3,(H,21,23,26)/b12-7+. The van der Waals surface area contributed by atoms with E-state index in [2.05, 4.69) is 15.3 Å². The number of nitriles is 1. The van der Waals surface area contributed by atoms with Crippen LogP contribution in [0.2, 0.25) is 5.02 Å². The van der Waals surface area contributed by atoms with Gasteiger partial charge in [0.25, 0.3) is 5.91 Å². The van der Waals surface area contributed by atoms with Crippen molar-refractivity contribution in [2.24, 2.45) is 0 Å². The number of aromatic nitrogens is 2. The van der Waals surface area contributed by atoms with Crippen LogP contribution >= 0.6 is 34.3 Å². The van der Waals surface area contributed by atoms with Crippen molar-refractivity contribution in [1.29, 1.82) is 5.26 Å². The van der Waals surface area contributed by atoms with Gasteiger partial charge >= 0.3 is 0 Å². The number of benzene rings is 1. The summed E-state index contributed by atoms with van der Waals surface area (Å²) in [6.07, 6.45) is 2.91. The maximum Gasteiger partial charge on any atom is 0.268 e. The number of thiazole rings is 2. The third-order valence-corrected chi connectivity index (χ3v) is 5.16. The Labute approximate surface area is 173 Å². The zero-order valence-electron chi connectivity index (χ0n) is 14.4. The molecule has 3 rings (SSSR count). The van der Waals surface area contributed by atoms with Crippen LogP contribution in [0.4, 0.5) is 16.0 Å². The number of amides is 2. The molecule has 2 amide bonds. The van der Waals surface area contributed by atoms with Gasteiger partial charge in [0.15, 0.2) is 10.3 Å². The van der Waals surface area contributed by atoms with Crippen molar-refractivity contribution >= 4 is 68.1 Å². The van der Waals surface area contributed by atoms with Crippen LogP contribution in [0.15, 0.2) is 46.8 Å². The molecule has 0 saturated heterocycles. The Hall–Kier alpha value is -3.06. The molecule has 7 nitrogen and oxygen atoms in total. The molecule has 3 aromatic rings. The predicted molar refractivity (Wildman–Crippen MR) is 111 cm³/mol. The third kappa shape index (κ3) is 4.61. The van der Waals surface area contributed by atoms with E-state index in [-0.39, 0.29) is 11.5 Å². The first-order chi connectivity index (χ1) is 13.5. The van der Waals surface area contributed by atoms with Crippen LogP contribution in [0.1, 0.15) is 12.6 Å². The molecule has 2 heterocycles. The molecule has 0 radical (unpaired) electrons. The van der Waals surface area contributed by atoms with Crippen LogP contribution < -0.4 is 10.2 Å². The lowest BCUT2D eigenvalue weighted by Crippen LogP contribution is -2.22. The monoisotopic (exact) mass is 429 g/mol. The van der Waals surface area contributed by atoms with E-state index in [0.717, 1.165) is 0 Å². The number of carbonyl (C=O) groups excluding carboxylic acids is 2. The summed E-state index contributed by atoms with van der Waals surface area (Å²) in [5.41, 5.74) is 0.843. The molecule has 0 fully saturated rings. The number of hydrogen-bond donors (Lipinski definition) is 1. The second-order valence-corrected chi connectivity index (χ2v) is 7.52. The molecule has 28 heavy (non-hydrogen) atoms. The van der Waals surface area contributed by atoms with Crippen molar-refractivity contribution in [2.75, 3.05) is 10.2 Å². The van der Waals surface area contributed by atoms with Gasteiger partial charge in [0, 0.05) is 28.9 Å². The lowest BCUT2D eigenvalue weighted by molar-refractivity contribution is -0.116. The van der Waals surface area contributed by atoms with Crippen LogP contribution in [-0.4, -0.2) is 21.8 Å². The van der Waals surface area contributed by atoms with Crippen LogP contribution in [-0.2, 0) is 9.59 Å². The molecule has 0 spiro atoms. The molecule has 1 aromatic carbocycles. The van der Waals surface area contributed by atoms with Crippen molar-refractivity contribution in [3.8, 4) is 6.07 Å². The summed E-state index contributed by atoms with van der Waals surface area (Å²) in [6, 6.07) is 8.70. The Kier molecular flexibility index (Phi) is 6.16. The Bertz CT molecular complexity index is 1090. The number of rotatable bonds is 5. The van der Waals surface area contributed by atoms with E-state index in [9.17, 15) is 14.9 Å². The molecular formula is C18H12ClN5O2S2. The van der Waals surface area contributed by atoms with E-state index in [1.807, 2.05) is 6.07 Å². The molecule has 10 heteroatoms. The fourth-order valence-electron chi connectivity index (χ4n) is 2.23. The average Bonchev–Trinajstić information content (AvgIpc) is 3.32. The van der Waals surface area contributed by atoms with Gasteiger partial charge in [-0.05, 0) is 24.3 Å². The summed E-state index contributed by atoms with van der Waals surface area (Å²) in [5.74, 6) is -0.820. The summed E-state index contributed by atoms with van der Waals surface area (Å²) in [7, 11) is 0. The molecule has 0 unspecified atom stereocenters. The minimum absolute atomic E-state index is 0.121. The molecule has 0 aliphatic rings. The summed E-state index contributed by atoms with van der Waals surface area (Å²) in [6.45, 7) is 1.42. The maximum atomic E-state index is 12.2. The molecule has 0 atom stereocenters. The first kappa shape index (κ1) is 19.7. The Morgan fingerprint density at radius 2 is 2.18 bits per heavy atom. The van der Waals surface area contributed by atoms with Crippen LogP contribution in [0.5, 0.6) is 0 Å². The zero-order chi connectivity index (χ0) is 20.1. The van der Waals surface area contributed by atoms with Gasteiger partial charge in [-0.2, -0.15) is 5.26 Å². The van der Waals surface area contributed by atoms with Crippen molar-refractivity contribution in [1.82, 2.24) is 9.97 Å². The molecule has 0 aliphatic heterocycles. The first-order valence-electron chi connectivity index (χ1n) is 7.82. The molecule has 0 bridgehead atoms. The highest BCUT2D eigenvalue weighted by Crippen LogP contribution is 2.31. The molecule has 1 N–H and O–H groups in total. The fourth-order valence-corrected chi connectivity index (χ4v) is 3.79. The lowest BCUT2D eigenvalue weighted by atomic mass is 10.2. The second kappa shape index (κ2) is 8.75. The largest absolute Gasteiger partial charge is 0.297 e. The Balaban J connectivity index is 1.87. The van der Waals surface area contributed by atoms with E-state index in [1.165, 1.54) is 40.6 Å². The lowest BCUT2D eigenvalue weighted by Gasteiger charge is -2.18. The number of anilines is 3. The molecule has 0 aliphatic carbocycles. The molecule has 140 valence electrons. The number of halogens is 1. The van der Waals surface area contributed by atoms with Crippen LogP contribution in [0.3, 0.4) is 0 Å². The first-order valence-corrected chi connectivity index (χ1v) is 9.96. The highest BCUT2D eigenvalue weighted by atomic mass is 35.5.